The Balaban J connectivity index is 1.48. The number of carboxylic acids is 1. The maximum Gasteiger partial charge on any atom is 0.409 e. The van der Waals surface area contributed by atoms with Crippen LogP contribution in [0.3, 0.4) is 0 Å². The number of hydrogen-bond acceptors (Lipinski definition) is 8. The van der Waals surface area contributed by atoms with Crippen LogP contribution in [0.5, 0.6) is 5.88 Å². The molecule has 1 aliphatic carbocycles. The Hall–Kier alpha value is -4.42. The van der Waals surface area contributed by atoms with Gasteiger partial charge in [0.2, 0.25) is 11.8 Å². The molecule has 2 fully saturated rings. The lowest BCUT2D eigenvalue weighted by molar-refractivity contribution is -0.138. The zero-order valence-corrected chi connectivity index (χ0v) is 23.2. The number of carboxylic acid groups (broad SMARTS) is 1. The quantitative estimate of drug-likeness (QED) is 0.389. The molecule has 1 aromatic heterocycles. The van der Waals surface area contributed by atoms with Gasteiger partial charge in [0.15, 0.2) is 11.5 Å². The van der Waals surface area contributed by atoms with Crippen molar-refractivity contribution in [3.8, 4) is 11.6 Å². The van der Waals surface area contributed by atoms with Crippen LogP contribution < -0.4 is 10.1 Å². The molecule has 3 amide bonds. The second kappa shape index (κ2) is 12.8. The number of amides is 3. The molecule has 41 heavy (non-hydrogen) atoms. The highest BCUT2D eigenvalue weighted by Crippen LogP contribution is 2.45. The number of ketones is 1. The Kier molecular flexibility index (Phi) is 9.25. The zero-order chi connectivity index (χ0) is 29.6. The van der Waals surface area contributed by atoms with Gasteiger partial charge in [0.05, 0.1) is 12.3 Å². The Morgan fingerprint density at radius 1 is 1.05 bits per heavy atom. The van der Waals surface area contributed by atoms with Gasteiger partial charge < -0.3 is 29.7 Å². The predicted octanol–water partition coefficient (Wildman–Crippen LogP) is 1.88. The van der Waals surface area contributed by atoms with Crippen LogP contribution in [0.15, 0.2) is 36.4 Å². The van der Waals surface area contributed by atoms with Crippen molar-refractivity contribution in [2.45, 2.75) is 45.6 Å². The maximum atomic E-state index is 13.3. The van der Waals surface area contributed by atoms with Gasteiger partial charge >= 0.3 is 12.1 Å². The second-order valence-corrected chi connectivity index (χ2v) is 10.4. The van der Waals surface area contributed by atoms with Gasteiger partial charge in [0, 0.05) is 44.1 Å². The van der Waals surface area contributed by atoms with Crippen molar-refractivity contribution in [2.75, 3.05) is 39.4 Å². The number of aromatic nitrogens is 2. The summed E-state index contributed by atoms with van der Waals surface area (Å²) in [5.41, 5.74) is 0.163. The largest absolute Gasteiger partial charge is 0.481 e. The number of Topliss-reactive ketones (excluding diaryl/α,β-unsaturated/α-hetero) is 1. The van der Waals surface area contributed by atoms with E-state index in [4.69, 9.17) is 9.47 Å². The SMILES string of the molecule is CCOC(=O)N1CCN(C(=O)C(CCC(=O)O)NC(=O)c2cc(OCC(=O)C3(C)CC3)n(-c3ccccc3)n2)CC1. The first-order chi connectivity index (χ1) is 19.6. The summed E-state index contributed by atoms with van der Waals surface area (Å²) < 4.78 is 12.2. The molecule has 1 unspecified atom stereocenters. The van der Waals surface area contributed by atoms with E-state index in [1.165, 1.54) is 20.5 Å². The van der Waals surface area contributed by atoms with E-state index in [-0.39, 0.29) is 75.0 Å². The molecule has 1 atom stereocenters. The van der Waals surface area contributed by atoms with Gasteiger partial charge in [-0.2, -0.15) is 5.10 Å². The Bertz CT molecular complexity index is 1280. The number of para-hydroxylation sites is 1. The fourth-order valence-electron chi connectivity index (χ4n) is 4.41. The second-order valence-electron chi connectivity index (χ2n) is 10.4. The number of hydrogen-bond donors (Lipinski definition) is 2. The van der Waals surface area contributed by atoms with Crippen LogP contribution >= 0.6 is 0 Å². The van der Waals surface area contributed by atoms with E-state index in [0.29, 0.717) is 5.69 Å². The Labute approximate surface area is 237 Å². The highest BCUT2D eigenvalue weighted by molar-refractivity contribution is 5.96. The summed E-state index contributed by atoms with van der Waals surface area (Å²) in [6.07, 6.45) is 0.686. The average Bonchev–Trinajstić information content (AvgIpc) is 3.58. The predicted molar refractivity (Wildman–Crippen MR) is 145 cm³/mol. The van der Waals surface area contributed by atoms with Crippen LogP contribution in [-0.2, 0) is 19.1 Å². The summed E-state index contributed by atoms with van der Waals surface area (Å²) in [5, 5.41) is 16.2. The smallest absolute Gasteiger partial charge is 0.409 e. The summed E-state index contributed by atoms with van der Waals surface area (Å²) in [7, 11) is 0. The number of nitrogens with zero attached hydrogens (tertiary/aromatic N) is 4. The fourth-order valence-corrected chi connectivity index (χ4v) is 4.41. The monoisotopic (exact) mass is 569 g/mol. The summed E-state index contributed by atoms with van der Waals surface area (Å²) >= 11 is 0. The van der Waals surface area contributed by atoms with Crippen LogP contribution in [-0.4, -0.2) is 99.8 Å². The number of aliphatic carboxylic acids is 1. The normalized spacial score (nSPS) is 16.4. The number of benzene rings is 1. The van der Waals surface area contributed by atoms with Crippen LogP contribution in [0.2, 0.25) is 0 Å². The third-order valence-corrected chi connectivity index (χ3v) is 7.30. The lowest BCUT2D eigenvalue weighted by Crippen LogP contribution is -2.56. The molecule has 0 radical (unpaired) electrons. The molecule has 4 rings (SSSR count). The van der Waals surface area contributed by atoms with Crippen molar-refractivity contribution in [2.24, 2.45) is 5.41 Å². The number of nitrogens with one attached hydrogen (secondary N) is 1. The van der Waals surface area contributed by atoms with Crippen LogP contribution in [0.25, 0.3) is 5.69 Å². The molecule has 13 nitrogen and oxygen atoms in total. The molecule has 220 valence electrons. The fraction of sp³-hybridized carbons (Fsp3) is 0.500. The van der Waals surface area contributed by atoms with Crippen molar-refractivity contribution in [1.29, 1.82) is 0 Å². The molecular weight excluding hydrogens is 534 g/mol. The van der Waals surface area contributed by atoms with E-state index in [2.05, 4.69) is 10.4 Å². The first-order valence-electron chi connectivity index (χ1n) is 13.7. The topological polar surface area (TPSA) is 160 Å². The van der Waals surface area contributed by atoms with Gasteiger partial charge in [-0.3, -0.25) is 19.2 Å². The van der Waals surface area contributed by atoms with Crippen LogP contribution in [0, 0.1) is 5.41 Å². The van der Waals surface area contributed by atoms with E-state index >= 15 is 0 Å². The van der Waals surface area contributed by atoms with Gasteiger partial charge in [-0.05, 0) is 38.3 Å². The van der Waals surface area contributed by atoms with Crippen molar-refractivity contribution in [3.63, 3.8) is 0 Å². The minimum atomic E-state index is -1.13. The van der Waals surface area contributed by atoms with E-state index in [1.807, 2.05) is 13.0 Å². The molecule has 1 aliphatic heterocycles. The Morgan fingerprint density at radius 3 is 2.32 bits per heavy atom. The van der Waals surface area contributed by atoms with E-state index in [9.17, 15) is 29.1 Å². The molecule has 2 aliphatic rings. The first kappa shape index (κ1) is 29.6. The van der Waals surface area contributed by atoms with Gasteiger partial charge in [0.25, 0.3) is 5.91 Å². The van der Waals surface area contributed by atoms with Crippen LogP contribution in [0.4, 0.5) is 4.79 Å². The minimum absolute atomic E-state index is 0.0355. The maximum absolute atomic E-state index is 13.3. The minimum Gasteiger partial charge on any atom is -0.481 e. The van der Waals surface area contributed by atoms with E-state index in [1.54, 1.807) is 31.2 Å². The van der Waals surface area contributed by atoms with E-state index in [0.717, 1.165) is 12.8 Å². The summed E-state index contributed by atoms with van der Waals surface area (Å²) in [6.45, 7) is 4.59. The number of carbonyl (C=O) groups is 5. The molecule has 0 bridgehead atoms. The standard InChI is InChI=1S/C28H35N5O8/c1-3-40-27(39)32-15-13-31(14-16-32)26(38)20(9-10-24(35)36)29-25(37)21-17-23(41-18-22(34)28(2)11-12-28)33(30-21)19-7-5-4-6-8-19/h4-8,17,20H,3,9-16,18H2,1-2H3,(H,29,37)(H,35,36). The van der Waals surface area contributed by atoms with Gasteiger partial charge in [-0.15, -0.1) is 0 Å². The molecule has 1 saturated heterocycles. The highest BCUT2D eigenvalue weighted by atomic mass is 16.6. The third-order valence-electron chi connectivity index (χ3n) is 7.30. The summed E-state index contributed by atoms with van der Waals surface area (Å²) in [4.78, 5) is 65.4. The zero-order valence-electron chi connectivity index (χ0n) is 23.2. The molecule has 2 heterocycles. The van der Waals surface area contributed by atoms with Crippen molar-refractivity contribution in [1.82, 2.24) is 24.9 Å². The summed E-state index contributed by atoms with van der Waals surface area (Å²) in [6, 6.07) is 9.20. The molecule has 1 aromatic carbocycles. The van der Waals surface area contributed by atoms with Crippen molar-refractivity contribution < 1.29 is 38.6 Å². The molecule has 2 N–H and O–H groups in total. The lowest BCUT2D eigenvalue weighted by Gasteiger charge is -2.35. The first-order valence-corrected chi connectivity index (χ1v) is 13.7. The molecular formula is C28H35N5O8. The number of carbonyl (C=O) groups excluding carboxylic acids is 4. The van der Waals surface area contributed by atoms with Gasteiger partial charge in [0.1, 0.15) is 12.6 Å². The lowest BCUT2D eigenvalue weighted by atomic mass is 10.1. The number of ether oxygens (including phenoxy) is 2. The summed E-state index contributed by atoms with van der Waals surface area (Å²) in [5.74, 6) is -2.11. The third kappa shape index (κ3) is 7.41. The average molecular weight is 570 g/mol. The Morgan fingerprint density at radius 2 is 1.71 bits per heavy atom. The molecule has 13 heteroatoms. The van der Waals surface area contributed by atoms with Crippen LogP contribution in [0.1, 0.15) is 50.0 Å². The molecule has 1 saturated carbocycles. The van der Waals surface area contributed by atoms with Gasteiger partial charge in [-0.1, -0.05) is 25.1 Å². The number of rotatable bonds is 12. The molecule has 0 spiro atoms. The van der Waals surface area contributed by atoms with Crippen molar-refractivity contribution >= 4 is 29.7 Å². The van der Waals surface area contributed by atoms with Crippen molar-refractivity contribution in [3.05, 3.63) is 42.1 Å². The number of piperazine rings is 1. The van der Waals surface area contributed by atoms with Gasteiger partial charge in [-0.25, -0.2) is 9.48 Å². The highest BCUT2D eigenvalue weighted by Gasteiger charge is 2.44. The van der Waals surface area contributed by atoms with E-state index < -0.39 is 29.9 Å². The molecule has 2 aromatic rings.